The minimum absolute atomic E-state index is 0.298. The first-order valence-electron chi connectivity index (χ1n) is 4.77. The maximum Gasteiger partial charge on any atom is 0.124 e. The van der Waals surface area contributed by atoms with Crippen molar-refractivity contribution in [1.29, 1.82) is 0 Å². The zero-order chi connectivity index (χ0) is 10.7. The van der Waals surface area contributed by atoms with Gasteiger partial charge in [-0.15, -0.1) is 6.58 Å². The zero-order valence-corrected chi connectivity index (χ0v) is 8.70. The van der Waals surface area contributed by atoms with Gasteiger partial charge in [-0.05, 0) is 11.5 Å². The van der Waals surface area contributed by atoms with Crippen LogP contribution in [0.15, 0.2) is 30.9 Å². The van der Waals surface area contributed by atoms with Gasteiger partial charge in [0.15, 0.2) is 0 Å². The third-order valence-electron chi connectivity index (χ3n) is 2.33. The fourth-order valence-corrected chi connectivity index (χ4v) is 1.44. The van der Waals surface area contributed by atoms with Gasteiger partial charge in [-0.2, -0.15) is 0 Å². The van der Waals surface area contributed by atoms with E-state index in [4.69, 9.17) is 5.73 Å². The van der Waals surface area contributed by atoms with Crippen LogP contribution in [0.4, 0.5) is 0 Å². The highest BCUT2D eigenvalue weighted by molar-refractivity contribution is 5.44. The van der Waals surface area contributed by atoms with Crippen LogP contribution in [-0.2, 0) is 0 Å². The largest absolute Gasteiger partial charge is 0.507 e. The predicted molar refractivity (Wildman–Crippen MR) is 59.3 cm³/mol. The molecular formula is C12H17NO. The Hall–Kier alpha value is -1.28. The summed E-state index contributed by atoms with van der Waals surface area (Å²) in [7, 11) is 0. The standard InChI is InChI=1S/C12H17NO/c1-4-11(13)10-7-5-6-9(8(2)3)12(10)14/h4-8,11,14H,1,13H2,2-3H3. The van der Waals surface area contributed by atoms with E-state index in [0.29, 0.717) is 11.7 Å². The Bertz CT molecular complexity index is 331. The van der Waals surface area contributed by atoms with Gasteiger partial charge in [0, 0.05) is 5.56 Å². The van der Waals surface area contributed by atoms with Crippen molar-refractivity contribution >= 4 is 0 Å². The summed E-state index contributed by atoms with van der Waals surface area (Å²) in [5.41, 5.74) is 7.46. The molecule has 0 aliphatic carbocycles. The van der Waals surface area contributed by atoms with Crippen LogP contribution < -0.4 is 5.73 Å². The number of aromatic hydroxyl groups is 1. The van der Waals surface area contributed by atoms with Gasteiger partial charge >= 0.3 is 0 Å². The van der Waals surface area contributed by atoms with Crippen molar-refractivity contribution in [2.75, 3.05) is 0 Å². The van der Waals surface area contributed by atoms with Crippen LogP contribution in [0.25, 0.3) is 0 Å². The molecule has 0 fully saturated rings. The molecule has 1 unspecified atom stereocenters. The SMILES string of the molecule is C=CC(N)c1cccc(C(C)C)c1O. The van der Waals surface area contributed by atoms with Crippen LogP contribution in [0, 0.1) is 0 Å². The summed E-state index contributed by atoms with van der Waals surface area (Å²) in [6, 6.07) is 5.36. The first-order chi connectivity index (χ1) is 6.57. The van der Waals surface area contributed by atoms with E-state index < -0.39 is 0 Å². The second-order valence-corrected chi connectivity index (χ2v) is 3.70. The molecule has 0 saturated carbocycles. The molecule has 0 heterocycles. The molecule has 0 aliphatic heterocycles. The third kappa shape index (κ3) is 1.96. The average Bonchev–Trinajstić information content (AvgIpc) is 2.16. The smallest absolute Gasteiger partial charge is 0.124 e. The number of benzene rings is 1. The van der Waals surface area contributed by atoms with Crippen molar-refractivity contribution in [2.24, 2.45) is 5.73 Å². The van der Waals surface area contributed by atoms with Gasteiger partial charge in [-0.3, -0.25) is 0 Å². The summed E-state index contributed by atoms with van der Waals surface area (Å²) in [5, 5.41) is 9.93. The number of hydrogen-bond acceptors (Lipinski definition) is 2. The van der Waals surface area contributed by atoms with Crippen molar-refractivity contribution in [3.8, 4) is 5.75 Å². The van der Waals surface area contributed by atoms with E-state index >= 15 is 0 Å². The van der Waals surface area contributed by atoms with Crippen LogP contribution in [0.2, 0.25) is 0 Å². The minimum atomic E-state index is -0.298. The topological polar surface area (TPSA) is 46.2 Å². The Morgan fingerprint density at radius 1 is 1.36 bits per heavy atom. The lowest BCUT2D eigenvalue weighted by atomic mass is 9.96. The highest BCUT2D eigenvalue weighted by Gasteiger charge is 2.12. The van der Waals surface area contributed by atoms with Gasteiger partial charge in [0.1, 0.15) is 5.75 Å². The summed E-state index contributed by atoms with van der Waals surface area (Å²) in [6.45, 7) is 7.70. The van der Waals surface area contributed by atoms with Gasteiger partial charge < -0.3 is 10.8 Å². The Labute approximate surface area is 85.1 Å². The highest BCUT2D eigenvalue weighted by atomic mass is 16.3. The second-order valence-electron chi connectivity index (χ2n) is 3.70. The van der Waals surface area contributed by atoms with Crippen LogP contribution in [-0.4, -0.2) is 5.11 Å². The molecule has 0 spiro atoms. The van der Waals surface area contributed by atoms with E-state index in [2.05, 4.69) is 6.58 Å². The summed E-state index contributed by atoms with van der Waals surface area (Å²) in [4.78, 5) is 0. The van der Waals surface area contributed by atoms with Crippen molar-refractivity contribution in [2.45, 2.75) is 25.8 Å². The van der Waals surface area contributed by atoms with E-state index in [1.54, 1.807) is 6.08 Å². The molecule has 1 atom stereocenters. The van der Waals surface area contributed by atoms with E-state index in [-0.39, 0.29) is 6.04 Å². The average molecular weight is 191 g/mol. The highest BCUT2D eigenvalue weighted by Crippen LogP contribution is 2.31. The van der Waals surface area contributed by atoms with E-state index in [1.165, 1.54) is 0 Å². The lowest BCUT2D eigenvalue weighted by Crippen LogP contribution is -2.07. The zero-order valence-electron chi connectivity index (χ0n) is 8.70. The van der Waals surface area contributed by atoms with Crippen molar-refractivity contribution in [3.63, 3.8) is 0 Å². The summed E-state index contributed by atoms with van der Waals surface area (Å²) in [6.07, 6.45) is 1.62. The number of rotatable bonds is 3. The van der Waals surface area contributed by atoms with Crippen LogP contribution in [0.5, 0.6) is 5.75 Å². The lowest BCUT2D eigenvalue weighted by molar-refractivity contribution is 0.455. The fraction of sp³-hybridized carbons (Fsp3) is 0.333. The number of nitrogens with two attached hydrogens (primary N) is 1. The molecule has 0 radical (unpaired) electrons. The molecular weight excluding hydrogens is 174 g/mol. The lowest BCUT2D eigenvalue weighted by Gasteiger charge is -2.14. The molecule has 1 rings (SSSR count). The van der Waals surface area contributed by atoms with Crippen LogP contribution >= 0.6 is 0 Å². The van der Waals surface area contributed by atoms with Gasteiger partial charge in [0.25, 0.3) is 0 Å². The first kappa shape index (κ1) is 10.8. The second kappa shape index (κ2) is 4.29. The molecule has 76 valence electrons. The number of phenols is 1. The van der Waals surface area contributed by atoms with E-state index in [1.807, 2.05) is 32.0 Å². The molecule has 0 aromatic heterocycles. The molecule has 14 heavy (non-hydrogen) atoms. The normalized spacial score (nSPS) is 12.9. The maximum absolute atomic E-state index is 9.93. The molecule has 3 N–H and O–H groups in total. The fourth-order valence-electron chi connectivity index (χ4n) is 1.44. The summed E-state index contributed by atoms with van der Waals surface area (Å²) >= 11 is 0. The Kier molecular flexibility index (Phi) is 3.31. The Morgan fingerprint density at radius 3 is 2.43 bits per heavy atom. The van der Waals surface area contributed by atoms with Crippen LogP contribution in [0.3, 0.4) is 0 Å². The van der Waals surface area contributed by atoms with E-state index in [0.717, 1.165) is 11.1 Å². The molecule has 2 nitrogen and oxygen atoms in total. The monoisotopic (exact) mass is 191 g/mol. The van der Waals surface area contributed by atoms with Crippen LogP contribution in [0.1, 0.15) is 36.9 Å². The van der Waals surface area contributed by atoms with Gasteiger partial charge in [0.05, 0.1) is 6.04 Å². The predicted octanol–water partition coefficient (Wildman–Crippen LogP) is 2.70. The van der Waals surface area contributed by atoms with Crippen molar-refractivity contribution in [1.82, 2.24) is 0 Å². The molecule has 2 heteroatoms. The quantitative estimate of drug-likeness (QED) is 0.721. The van der Waals surface area contributed by atoms with Gasteiger partial charge in [0.2, 0.25) is 0 Å². The Morgan fingerprint density at radius 2 is 1.93 bits per heavy atom. The number of para-hydroxylation sites is 1. The molecule has 0 amide bonds. The summed E-state index contributed by atoms with van der Waals surface area (Å²) < 4.78 is 0. The first-order valence-corrected chi connectivity index (χ1v) is 4.77. The van der Waals surface area contributed by atoms with Gasteiger partial charge in [-0.25, -0.2) is 0 Å². The molecule has 0 saturated heterocycles. The minimum Gasteiger partial charge on any atom is -0.507 e. The van der Waals surface area contributed by atoms with Gasteiger partial charge in [-0.1, -0.05) is 38.1 Å². The third-order valence-corrected chi connectivity index (χ3v) is 2.33. The molecule has 0 aliphatic rings. The Balaban J connectivity index is 3.20. The maximum atomic E-state index is 9.93. The molecule has 0 bridgehead atoms. The molecule has 1 aromatic rings. The molecule has 1 aromatic carbocycles. The van der Waals surface area contributed by atoms with Crippen molar-refractivity contribution < 1.29 is 5.11 Å². The van der Waals surface area contributed by atoms with Crippen molar-refractivity contribution in [3.05, 3.63) is 42.0 Å². The summed E-state index contributed by atoms with van der Waals surface area (Å²) in [5.74, 6) is 0.599. The number of phenolic OH excluding ortho intramolecular Hbond substituents is 1. The number of hydrogen-bond donors (Lipinski definition) is 2. The van der Waals surface area contributed by atoms with E-state index in [9.17, 15) is 5.11 Å².